The maximum atomic E-state index is 6.85. The van der Waals surface area contributed by atoms with Crippen LogP contribution in [-0.2, 0) is 4.74 Å². The van der Waals surface area contributed by atoms with E-state index >= 15 is 0 Å². The monoisotopic (exact) mass is 448 g/mol. The first-order valence-electron chi connectivity index (χ1n) is 6.16. The van der Waals surface area contributed by atoms with Crippen molar-refractivity contribution in [2.75, 3.05) is 7.11 Å². The van der Waals surface area contributed by atoms with Gasteiger partial charge in [-0.1, -0.05) is 62.9 Å². The summed E-state index contributed by atoms with van der Waals surface area (Å²) in [5.41, 5.74) is 0.986. The molecule has 2 bridgehead atoms. The Morgan fingerprint density at radius 2 is 1.67 bits per heavy atom. The quantitative estimate of drug-likeness (QED) is 0.489. The van der Waals surface area contributed by atoms with Gasteiger partial charge in [-0.15, -0.1) is 23.2 Å². The lowest BCUT2D eigenvalue weighted by Gasteiger charge is -2.37. The predicted octanol–water partition coefficient (Wildman–Crippen LogP) is 6.18. The summed E-state index contributed by atoms with van der Waals surface area (Å²) >= 11 is 36.3. The van der Waals surface area contributed by atoms with Gasteiger partial charge in [0.15, 0.2) is 5.06 Å². The maximum Gasteiger partial charge on any atom is 0.189 e. The Morgan fingerprint density at radius 1 is 1.10 bits per heavy atom. The van der Waals surface area contributed by atoms with Crippen LogP contribution in [0, 0.1) is 0 Å². The minimum Gasteiger partial charge on any atom is -0.358 e. The molecule has 21 heavy (non-hydrogen) atoms. The molecule has 3 rings (SSSR count). The summed E-state index contributed by atoms with van der Waals surface area (Å²) in [5, 5.41) is -0.863. The minimum absolute atomic E-state index is 0.197. The zero-order valence-electron chi connectivity index (χ0n) is 10.8. The lowest BCUT2D eigenvalue weighted by molar-refractivity contribution is 0.0468. The van der Waals surface area contributed by atoms with E-state index in [9.17, 15) is 0 Å². The SMILES string of the molecule is CO[C@@]1(Cl)[C@@]2(Cl)C[C@H](c3ccc(Br)cc3)[C@]1(Cl)C(Cl)=C2Cl. The third-order valence-corrected chi connectivity index (χ3v) is 8.47. The van der Waals surface area contributed by atoms with Crippen molar-refractivity contribution in [2.45, 2.75) is 27.1 Å². The van der Waals surface area contributed by atoms with Crippen molar-refractivity contribution >= 4 is 73.9 Å². The van der Waals surface area contributed by atoms with Gasteiger partial charge < -0.3 is 4.74 Å². The van der Waals surface area contributed by atoms with E-state index < -0.39 is 14.8 Å². The van der Waals surface area contributed by atoms with Gasteiger partial charge in [0.05, 0.1) is 10.1 Å². The molecule has 1 fully saturated rings. The third kappa shape index (κ3) is 1.88. The van der Waals surface area contributed by atoms with Gasteiger partial charge in [-0.05, 0) is 24.1 Å². The van der Waals surface area contributed by atoms with Crippen LogP contribution >= 0.6 is 73.9 Å². The molecule has 0 saturated heterocycles. The van der Waals surface area contributed by atoms with Crippen LogP contribution in [0.5, 0.6) is 0 Å². The molecule has 7 heteroatoms. The molecule has 0 amide bonds. The minimum atomic E-state index is -1.39. The highest BCUT2D eigenvalue weighted by atomic mass is 79.9. The van der Waals surface area contributed by atoms with Crippen LogP contribution in [0.3, 0.4) is 0 Å². The van der Waals surface area contributed by atoms with Crippen LogP contribution in [-0.4, -0.2) is 21.9 Å². The summed E-state index contributed by atoms with van der Waals surface area (Å²) in [6, 6.07) is 7.80. The normalized spacial score (nSPS) is 42.0. The summed E-state index contributed by atoms with van der Waals surface area (Å²) in [5.74, 6) is -0.197. The Labute approximate surface area is 156 Å². The average molecular weight is 451 g/mol. The average Bonchev–Trinajstić information content (AvgIpc) is 2.72. The molecule has 1 aromatic carbocycles. The van der Waals surface area contributed by atoms with E-state index in [1.54, 1.807) is 0 Å². The van der Waals surface area contributed by atoms with Gasteiger partial charge >= 0.3 is 0 Å². The Balaban J connectivity index is 2.18. The molecule has 0 heterocycles. The van der Waals surface area contributed by atoms with Crippen LogP contribution < -0.4 is 0 Å². The molecule has 114 valence electrons. The summed E-state index contributed by atoms with van der Waals surface area (Å²) in [4.78, 5) is -2.33. The molecule has 0 aliphatic heterocycles. The van der Waals surface area contributed by atoms with Gasteiger partial charge in [0.1, 0.15) is 9.75 Å². The molecule has 1 saturated carbocycles. The molecule has 0 unspecified atom stereocenters. The molecular formula is C14H10BrCl5O. The lowest BCUT2D eigenvalue weighted by Crippen LogP contribution is -2.50. The highest BCUT2D eigenvalue weighted by Gasteiger charge is 2.79. The van der Waals surface area contributed by atoms with Crippen LogP contribution in [0.15, 0.2) is 38.8 Å². The number of halogens is 6. The van der Waals surface area contributed by atoms with Crippen molar-refractivity contribution in [3.8, 4) is 0 Å². The fourth-order valence-electron chi connectivity index (χ4n) is 3.28. The van der Waals surface area contributed by atoms with Crippen LogP contribution in [0.4, 0.5) is 0 Å². The molecule has 1 nitrogen and oxygen atoms in total. The Kier molecular flexibility index (Phi) is 4.11. The van der Waals surface area contributed by atoms with E-state index in [0.29, 0.717) is 6.42 Å². The fourth-order valence-corrected chi connectivity index (χ4v) is 5.98. The van der Waals surface area contributed by atoms with Crippen LogP contribution in [0.2, 0.25) is 0 Å². The van der Waals surface area contributed by atoms with Crippen molar-refractivity contribution < 1.29 is 4.74 Å². The molecule has 0 N–H and O–H groups in total. The lowest BCUT2D eigenvalue weighted by atomic mass is 9.85. The van der Waals surface area contributed by atoms with E-state index in [4.69, 9.17) is 62.7 Å². The first-order chi connectivity index (χ1) is 9.72. The first-order valence-corrected chi connectivity index (χ1v) is 8.84. The summed E-state index contributed by atoms with van der Waals surface area (Å²) in [7, 11) is 1.46. The molecule has 0 spiro atoms. The van der Waals surface area contributed by atoms with E-state index in [2.05, 4.69) is 15.9 Å². The number of hydrogen-bond acceptors (Lipinski definition) is 1. The van der Waals surface area contributed by atoms with Crippen molar-refractivity contribution in [3.63, 3.8) is 0 Å². The molecular weight excluding hydrogens is 441 g/mol. The Hall–Kier alpha value is 0.850. The molecule has 2 aliphatic carbocycles. The first kappa shape index (κ1) is 16.7. The zero-order valence-corrected chi connectivity index (χ0v) is 16.1. The maximum absolute atomic E-state index is 6.85. The van der Waals surface area contributed by atoms with E-state index in [1.165, 1.54) is 7.11 Å². The van der Waals surface area contributed by atoms with Crippen molar-refractivity contribution in [1.29, 1.82) is 0 Å². The molecule has 1 aromatic rings. The Morgan fingerprint density at radius 3 is 2.14 bits per heavy atom. The Bertz CT molecular complexity index is 633. The van der Waals surface area contributed by atoms with E-state index in [0.717, 1.165) is 10.0 Å². The molecule has 0 aromatic heterocycles. The van der Waals surface area contributed by atoms with E-state index in [-0.39, 0.29) is 16.0 Å². The second-order valence-electron chi connectivity index (χ2n) is 5.25. The molecule has 0 radical (unpaired) electrons. The molecule has 4 atom stereocenters. The third-order valence-electron chi connectivity index (χ3n) is 4.36. The highest BCUT2D eigenvalue weighted by molar-refractivity contribution is 9.10. The van der Waals surface area contributed by atoms with Gasteiger partial charge in [-0.2, -0.15) is 0 Å². The van der Waals surface area contributed by atoms with Crippen molar-refractivity contribution in [1.82, 2.24) is 0 Å². The van der Waals surface area contributed by atoms with Gasteiger partial charge in [-0.3, -0.25) is 0 Å². The highest BCUT2D eigenvalue weighted by Crippen LogP contribution is 2.75. The fraction of sp³-hybridized carbons (Fsp3) is 0.429. The number of methoxy groups -OCH3 is 1. The number of alkyl halides is 3. The smallest absolute Gasteiger partial charge is 0.189 e. The second-order valence-corrected chi connectivity index (χ2v) is 8.69. The number of rotatable bonds is 2. The standard InChI is InChI=1S/C14H10BrCl5O/c1-21-14(20)12(18)6-9(7-2-4-8(15)5-3-7)13(14,19)11(17)10(12)16/h2-5,9H,6H2,1H3/t9-,12-,13+,14+/m1/s1. The largest absolute Gasteiger partial charge is 0.358 e. The van der Waals surface area contributed by atoms with Crippen LogP contribution in [0.1, 0.15) is 17.9 Å². The number of fused-ring (bicyclic) bond motifs is 2. The number of benzene rings is 1. The predicted molar refractivity (Wildman–Crippen MR) is 93.0 cm³/mol. The second kappa shape index (κ2) is 5.17. The van der Waals surface area contributed by atoms with Gasteiger partial charge in [0.2, 0.25) is 0 Å². The van der Waals surface area contributed by atoms with Gasteiger partial charge in [-0.25, -0.2) is 0 Å². The van der Waals surface area contributed by atoms with Gasteiger partial charge in [0.25, 0.3) is 0 Å². The van der Waals surface area contributed by atoms with E-state index in [1.807, 2.05) is 24.3 Å². The summed E-state index contributed by atoms with van der Waals surface area (Å²) in [6.07, 6.45) is 0.450. The summed E-state index contributed by atoms with van der Waals surface area (Å²) < 4.78 is 6.46. The van der Waals surface area contributed by atoms with Crippen molar-refractivity contribution in [3.05, 3.63) is 44.4 Å². The van der Waals surface area contributed by atoms with Crippen molar-refractivity contribution in [2.24, 2.45) is 0 Å². The summed E-state index contributed by atoms with van der Waals surface area (Å²) in [6.45, 7) is 0. The number of ether oxygens (including phenoxy) is 1. The van der Waals surface area contributed by atoms with Gasteiger partial charge in [0, 0.05) is 17.5 Å². The molecule has 2 aliphatic rings. The zero-order chi connectivity index (χ0) is 15.6. The van der Waals surface area contributed by atoms with Crippen LogP contribution in [0.25, 0.3) is 0 Å². The topological polar surface area (TPSA) is 9.23 Å². The number of hydrogen-bond donors (Lipinski definition) is 0.